The average Bonchev–Trinajstić information content (AvgIpc) is 3.77. The normalized spacial score (nSPS) is 12.9. The van der Waals surface area contributed by atoms with Gasteiger partial charge in [0.2, 0.25) is 0 Å². The maximum Gasteiger partial charge on any atom is 0.251 e. The molecule has 0 unspecified atom stereocenters. The molecule has 0 spiro atoms. The highest BCUT2D eigenvalue weighted by atomic mass is 16.5. The van der Waals surface area contributed by atoms with E-state index < -0.39 is 0 Å². The van der Waals surface area contributed by atoms with Crippen molar-refractivity contribution in [2.75, 3.05) is 13.7 Å². The van der Waals surface area contributed by atoms with Crippen LogP contribution in [0.1, 0.15) is 76.4 Å². The van der Waals surface area contributed by atoms with Crippen LogP contribution in [0.25, 0.3) is 22.0 Å². The fourth-order valence-electron chi connectivity index (χ4n) is 5.15. The molecule has 0 bridgehead atoms. The number of nitrogens with one attached hydrogen (secondary N) is 1. The van der Waals surface area contributed by atoms with Gasteiger partial charge in [0.15, 0.2) is 5.78 Å². The number of aromatic nitrogens is 1. The first-order valence-electron chi connectivity index (χ1n) is 13.9. The molecule has 5 nitrogen and oxygen atoms in total. The Morgan fingerprint density at radius 1 is 1.03 bits per heavy atom. The smallest absolute Gasteiger partial charge is 0.251 e. The molecule has 0 radical (unpaired) electrons. The zero-order chi connectivity index (χ0) is 27.4. The second kappa shape index (κ2) is 11.8. The quantitative estimate of drug-likeness (QED) is 0.166. The summed E-state index contributed by atoms with van der Waals surface area (Å²) in [4.78, 5) is 30.8. The summed E-state index contributed by atoms with van der Waals surface area (Å²) in [5.74, 6) is 1.33. The van der Waals surface area contributed by atoms with Gasteiger partial charge < -0.3 is 10.1 Å². The molecule has 4 aromatic rings. The number of ketones is 1. The van der Waals surface area contributed by atoms with Crippen molar-refractivity contribution in [2.45, 2.75) is 52.4 Å². The third kappa shape index (κ3) is 6.03. The topological polar surface area (TPSA) is 68.3 Å². The molecule has 1 aromatic heterocycles. The van der Waals surface area contributed by atoms with E-state index in [1.807, 2.05) is 49.4 Å². The van der Waals surface area contributed by atoms with Crippen LogP contribution in [0, 0.1) is 12.8 Å². The zero-order valence-corrected chi connectivity index (χ0v) is 23.0. The highest BCUT2D eigenvalue weighted by molar-refractivity contribution is 6.03. The molecule has 3 aromatic carbocycles. The Hall–Kier alpha value is -3.99. The number of amides is 1. The van der Waals surface area contributed by atoms with Crippen LogP contribution in [-0.2, 0) is 6.42 Å². The molecule has 1 amide bonds. The van der Waals surface area contributed by atoms with Crippen LogP contribution >= 0.6 is 0 Å². The van der Waals surface area contributed by atoms with Gasteiger partial charge in [-0.3, -0.25) is 14.6 Å². The number of pyridine rings is 1. The number of carbonyl (C=O) groups excluding carboxylic acids is 2. The summed E-state index contributed by atoms with van der Waals surface area (Å²) >= 11 is 0. The SMILES string of the molecule is CCCCNC(=O)c1ccc(-c2cc3c(Cc4ccccc4)c(C(=O)CC4CC4)cnc3cc2OC)cc1C. The zero-order valence-electron chi connectivity index (χ0n) is 23.0. The number of ether oxygens (including phenoxy) is 1. The summed E-state index contributed by atoms with van der Waals surface area (Å²) in [5.41, 5.74) is 7.11. The predicted molar refractivity (Wildman–Crippen MR) is 157 cm³/mol. The minimum absolute atomic E-state index is 0.0499. The van der Waals surface area contributed by atoms with Gasteiger partial charge in [-0.15, -0.1) is 0 Å². The summed E-state index contributed by atoms with van der Waals surface area (Å²) < 4.78 is 5.80. The second-order valence-electron chi connectivity index (χ2n) is 10.6. The molecule has 5 rings (SSSR count). The Labute approximate surface area is 230 Å². The van der Waals surface area contributed by atoms with E-state index in [2.05, 4.69) is 30.4 Å². The van der Waals surface area contributed by atoms with E-state index in [9.17, 15) is 9.59 Å². The number of nitrogens with zero attached hydrogens (tertiary/aromatic N) is 1. The van der Waals surface area contributed by atoms with Crippen molar-refractivity contribution < 1.29 is 14.3 Å². The molecule has 0 aliphatic heterocycles. The molecule has 39 heavy (non-hydrogen) atoms. The van der Waals surface area contributed by atoms with E-state index >= 15 is 0 Å². The Bertz CT molecular complexity index is 1510. The number of fused-ring (bicyclic) bond motifs is 1. The monoisotopic (exact) mass is 520 g/mol. The molecule has 5 heteroatoms. The number of carbonyl (C=O) groups is 2. The molecule has 1 saturated carbocycles. The van der Waals surface area contributed by atoms with E-state index in [4.69, 9.17) is 9.72 Å². The lowest BCUT2D eigenvalue weighted by Gasteiger charge is -2.17. The van der Waals surface area contributed by atoms with Gasteiger partial charge in [0.25, 0.3) is 5.91 Å². The number of methoxy groups -OCH3 is 1. The van der Waals surface area contributed by atoms with Crippen LogP contribution in [0.15, 0.2) is 66.9 Å². The van der Waals surface area contributed by atoms with Crippen molar-refractivity contribution in [3.05, 3.63) is 94.7 Å². The third-order valence-corrected chi connectivity index (χ3v) is 7.59. The van der Waals surface area contributed by atoms with Gasteiger partial charge in [-0.2, -0.15) is 0 Å². The second-order valence-corrected chi connectivity index (χ2v) is 10.6. The Kier molecular flexibility index (Phi) is 8.06. The van der Waals surface area contributed by atoms with Crippen LogP contribution in [-0.4, -0.2) is 30.3 Å². The van der Waals surface area contributed by atoms with E-state index in [1.54, 1.807) is 13.3 Å². The van der Waals surface area contributed by atoms with Crippen LogP contribution in [0.5, 0.6) is 5.75 Å². The van der Waals surface area contributed by atoms with Gasteiger partial charge in [0, 0.05) is 47.3 Å². The van der Waals surface area contributed by atoms with E-state index in [-0.39, 0.29) is 11.7 Å². The maximum atomic E-state index is 13.4. The van der Waals surface area contributed by atoms with Crippen molar-refractivity contribution in [1.29, 1.82) is 0 Å². The molecule has 0 atom stereocenters. The highest BCUT2D eigenvalue weighted by Crippen LogP contribution is 2.38. The minimum Gasteiger partial charge on any atom is -0.496 e. The number of aryl methyl sites for hydroxylation is 1. The van der Waals surface area contributed by atoms with Crippen LogP contribution in [0.4, 0.5) is 0 Å². The summed E-state index contributed by atoms with van der Waals surface area (Å²) in [5, 5.41) is 3.96. The number of hydrogen-bond donors (Lipinski definition) is 1. The van der Waals surface area contributed by atoms with Gasteiger partial charge in [-0.25, -0.2) is 0 Å². The van der Waals surface area contributed by atoms with Gasteiger partial charge >= 0.3 is 0 Å². The lowest BCUT2D eigenvalue weighted by molar-refractivity contribution is 0.0950. The lowest BCUT2D eigenvalue weighted by atomic mass is 9.91. The molecule has 1 aliphatic carbocycles. The van der Waals surface area contributed by atoms with Crippen molar-refractivity contribution in [3.63, 3.8) is 0 Å². The van der Waals surface area contributed by atoms with Crippen LogP contribution in [0.3, 0.4) is 0 Å². The third-order valence-electron chi connectivity index (χ3n) is 7.59. The Morgan fingerprint density at radius 3 is 2.51 bits per heavy atom. The standard InChI is InChI=1S/C34H36N2O3/c1-4-5-15-35-34(38)26-14-13-25(16-22(26)2)27-19-29-28(17-23-9-7-6-8-10-23)30(32(37)18-24-11-12-24)21-36-31(29)20-33(27)39-3/h6-10,13-14,16,19-21,24H,4-5,11-12,15,17-18H2,1-3H3,(H,35,38). The largest absolute Gasteiger partial charge is 0.496 e. The molecule has 200 valence electrons. The first kappa shape index (κ1) is 26.6. The number of hydrogen-bond acceptors (Lipinski definition) is 4. The highest BCUT2D eigenvalue weighted by Gasteiger charge is 2.27. The summed E-state index contributed by atoms with van der Waals surface area (Å²) in [6, 6.07) is 20.2. The fraction of sp³-hybridized carbons (Fsp3) is 0.324. The van der Waals surface area contributed by atoms with E-state index in [1.165, 1.54) is 0 Å². The summed E-state index contributed by atoms with van der Waals surface area (Å²) in [7, 11) is 1.66. The molecular weight excluding hydrogens is 484 g/mol. The fourth-order valence-corrected chi connectivity index (χ4v) is 5.15. The Balaban J connectivity index is 1.60. The van der Waals surface area contributed by atoms with Crippen molar-refractivity contribution in [1.82, 2.24) is 10.3 Å². The van der Waals surface area contributed by atoms with Gasteiger partial charge in [0.05, 0.1) is 12.6 Å². The van der Waals surface area contributed by atoms with Gasteiger partial charge in [0.1, 0.15) is 5.75 Å². The number of Topliss-reactive ketones (excluding diaryl/α,β-unsaturated/α-hetero) is 1. The lowest BCUT2D eigenvalue weighted by Crippen LogP contribution is -2.25. The summed E-state index contributed by atoms with van der Waals surface area (Å²) in [6.07, 6.45) is 7.24. The molecule has 1 heterocycles. The molecule has 1 N–H and O–H groups in total. The first-order chi connectivity index (χ1) is 19.0. The van der Waals surface area contributed by atoms with E-state index in [0.717, 1.165) is 64.4 Å². The van der Waals surface area contributed by atoms with E-state index in [0.29, 0.717) is 42.2 Å². The van der Waals surface area contributed by atoms with Crippen molar-refractivity contribution >= 4 is 22.6 Å². The molecule has 0 saturated heterocycles. The molecular formula is C34H36N2O3. The van der Waals surface area contributed by atoms with Crippen LogP contribution in [0.2, 0.25) is 0 Å². The summed E-state index contributed by atoms with van der Waals surface area (Å²) in [6.45, 7) is 4.74. The minimum atomic E-state index is -0.0499. The molecule has 1 fully saturated rings. The first-order valence-corrected chi connectivity index (χ1v) is 13.9. The maximum absolute atomic E-state index is 13.4. The molecule has 1 aliphatic rings. The number of benzene rings is 3. The predicted octanol–water partition coefficient (Wildman–Crippen LogP) is 7.32. The van der Waals surface area contributed by atoms with Gasteiger partial charge in [-0.1, -0.05) is 55.8 Å². The Morgan fingerprint density at radius 2 is 1.82 bits per heavy atom. The van der Waals surface area contributed by atoms with Crippen LogP contribution < -0.4 is 10.1 Å². The van der Waals surface area contributed by atoms with Gasteiger partial charge in [-0.05, 0) is 72.9 Å². The van der Waals surface area contributed by atoms with Crippen molar-refractivity contribution in [2.24, 2.45) is 5.92 Å². The number of unbranched alkanes of at least 4 members (excludes halogenated alkanes) is 1. The van der Waals surface area contributed by atoms with Crippen molar-refractivity contribution in [3.8, 4) is 16.9 Å². The number of rotatable bonds is 11. The average molecular weight is 521 g/mol.